The van der Waals surface area contributed by atoms with Gasteiger partial charge in [0, 0.05) is 22.7 Å². The van der Waals surface area contributed by atoms with Gasteiger partial charge in [0.15, 0.2) is 11.5 Å². The van der Waals surface area contributed by atoms with Gasteiger partial charge in [0.25, 0.3) is 21.5 Å². The summed E-state index contributed by atoms with van der Waals surface area (Å²) in [5.41, 5.74) is 3.71. The second-order valence-corrected chi connectivity index (χ2v) is 14.1. The van der Waals surface area contributed by atoms with Crippen LogP contribution in [0.15, 0.2) is 110 Å². The van der Waals surface area contributed by atoms with Crippen LogP contribution in [0.1, 0.15) is 16.8 Å². The SMILES string of the molecule is COc1cc(/C=N\NC(=O)CN(c2c(C)n(C)n(-c3ccccc3)c2=O)S(=O)(=O)c2ccccc2)cc(Br)c1OCc1ccc(Cl)cc1Cl. The highest BCUT2D eigenvalue weighted by atomic mass is 79.9. The molecule has 0 fully saturated rings. The maximum absolute atomic E-state index is 13.9. The topological polar surface area (TPSA) is 124 Å². The summed E-state index contributed by atoms with van der Waals surface area (Å²) in [6, 6.07) is 24.8. The molecule has 0 bridgehead atoms. The van der Waals surface area contributed by atoms with Crippen molar-refractivity contribution in [1.82, 2.24) is 14.8 Å². The minimum atomic E-state index is -4.36. The Kier molecular flexibility index (Phi) is 11.2. The lowest BCUT2D eigenvalue weighted by molar-refractivity contribution is -0.119. The Morgan fingerprint density at radius 2 is 1.69 bits per heavy atom. The first kappa shape index (κ1) is 35.7. The van der Waals surface area contributed by atoms with E-state index in [4.69, 9.17) is 32.7 Å². The van der Waals surface area contributed by atoms with E-state index in [1.165, 1.54) is 30.1 Å². The van der Waals surface area contributed by atoms with Gasteiger partial charge in [-0.1, -0.05) is 65.7 Å². The van der Waals surface area contributed by atoms with Gasteiger partial charge in [-0.05, 0) is 76.9 Å². The van der Waals surface area contributed by atoms with Crippen molar-refractivity contribution in [3.63, 3.8) is 0 Å². The number of benzene rings is 4. The van der Waals surface area contributed by atoms with Crippen molar-refractivity contribution < 1.29 is 22.7 Å². The number of para-hydroxylation sites is 1. The second kappa shape index (κ2) is 15.3. The van der Waals surface area contributed by atoms with Crippen molar-refractivity contribution >= 4 is 67.0 Å². The predicted molar refractivity (Wildman–Crippen MR) is 194 cm³/mol. The van der Waals surface area contributed by atoms with E-state index in [9.17, 15) is 18.0 Å². The van der Waals surface area contributed by atoms with Crippen LogP contribution in [0.3, 0.4) is 0 Å². The fraction of sp³-hybridized carbons (Fsp3) is 0.147. The van der Waals surface area contributed by atoms with Crippen molar-refractivity contribution in [2.75, 3.05) is 18.0 Å². The maximum Gasteiger partial charge on any atom is 0.296 e. The second-order valence-electron chi connectivity index (χ2n) is 10.6. The first-order chi connectivity index (χ1) is 23.4. The number of halogens is 3. The van der Waals surface area contributed by atoms with Crippen LogP contribution < -0.4 is 24.8 Å². The number of ether oxygens (including phenoxy) is 2. The Morgan fingerprint density at radius 3 is 2.35 bits per heavy atom. The monoisotopic (exact) mass is 785 g/mol. The number of hydrazone groups is 1. The van der Waals surface area contributed by atoms with E-state index in [2.05, 4.69) is 26.5 Å². The third kappa shape index (κ3) is 7.86. The lowest BCUT2D eigenvalue weighted by Gasteiger charge is -2.22. The van der Waals surface area contributed by atoms with Gasteiger partial charge in [-0.3, -0.25) is 14.3 Å². The van der Waals surface area contributed by atoms with Crippen LogP contribution in [-0.4, -0.2) is 43.6 Å². The molecule has 0 saturated heterocycles. The number of nitrogens with zero attached hydrogens (tertiary/aromatic N) is 4. The molecule has 49 heavy (non-hydrogen) atoms. The van der Waals surface area contributed by atoms with Gasteiger partial charge in [-0.25, -0.2) is 22.8 Å². The van der Waals surface area contributed by atoms with Crippen LogP contribution in [0.25, 0.3) is 5.69 Å². The molecule has 15 heteroatoms. The molecule has 0 aliphatic carbocycles. The fourth-order valence-corrected chi connectivity index (χ4v) is 7.46. The average molecular weight is 788 g/mol. The van der Waals surface area contributed by atoms with E-state index < -0.39 is 28.0 Å². The van der Waals surface area contributed by atoms with Gasteiger partial charge in [-0.2, -0.15) is 5.10 Å². The molecule has 0 atom stereocenters. The number of sulfonamides is 1. The van der Waals surface area contributed by atoms with Crippen LogP contribution in [0.5, 0.6) is 11.5 Å². The summed E-state index contributed by atoms with van der Waals surface area (Å²) in [5.74, 6) is 0.00738. The highest BCUT2D eigenvalue weighted by Gasteiger charge is 2.33. The zero-order valence-corrected chi connectivity index (χ0v) is 30.3. The molecule has 5 aromatic rings. The Balaban J connectivity index is 1.39. The number of hydrogen-bond donors (Lipinski definition) is 1. The van der Waals surface area contributed by atoms with Crippen LogP contribution >= 0.6 is 39.1 Å². The minimum Gasteiger partial charge on any atom is -0.493 e. The Bertz CT molecular complexity index is 2190. The van der Waals surface area contributed by atoms with E-state index in [0.29, 0.717) is 43.0 Å². The molecular formula is C34H30BrCl2N5O6S. The molecule has 1 N–H and O–H groups in total. The van der Waals surface area contributed by atoms with Gasteiger partial charge >= 0.3 is 0 Å². The smallest absolute Gasteiger partial charge is 0.296 e. The number of carbonyl (C=O) groups excluding carboxylic acids is 1. The molecule has 4 aromatic carbocycles. The zero-order chi connectivity index (χ0) is 35.3. The summed E-state index contributed by atoms with van der Waals surface area (Å²) < 4.78 is 43.6. The zero-order valence-electron chi connectivity index (χ0n) is 26.4. The number of hydrogen-bond acceptors (Lipinski definition) is 7. The number of amides is 1. The molecule has 5 rings (SSSR count). The number of rotatable bonds is 12. The number of methoxy groups -OCH3 is 1. The molecule has 1 heterocycles. The van der Waals surface area contributed by atoms with E-state index in [1.807, 2.05) is 0 Å². The number of anilines is 1. The summed E-state index contributed by atoms with van der Waals surface area (Å²) in [4.78, 5) is 27.0. The number of carbonyl (C=O) groups is 1. The average Bonchev–Trinajstić information content (AvgIpc) is 3.30. The normalized spacial score (nSPS) is 11.5. The summed E-state index contributed by atoms with van der Waals surface area (Å²) in [6.45, 7) is 1.03. The molecule has 0 spiro atoms. The fourth-order valence-electron chi connectivity index (χ4n) is 4.93. The molecule has 0 unspecified atom stereocenters. The predicted octanol–water partition coefficient (Wildman–Crippen LogP) is 6.49. The molecule has 1 aromatic heterocycles. The first-order valence-electron chi connectivity index (χ1n) is 14.6. The standard InChI is InChI=1S/C34H30BrCl2N5O6S/c1-22-32(34(44)42(40(22)2)26-10-6-4-7-11-26)41(49(45,46)27-12-8-5-9-13-27)20-31(43)39-38-19-23-16-28(35)33(30(17-23)47-3)48-21-24-14-15-25(36)18-29(24)37/h4-19H,20-21H2,1-3H3,(H,39,43)/b38-19-. The van der Waals surface area contributed by atoms with E-state index in [1.54, 1.807) is 97.5 Å². The van der Waals surface area contributed by atoms with Crippen molar-refractivity contribution in [2.24, 2.45) is 12.1 Å². The minimum absolute atomic E-state index is 0.0854. The third-order valence-corrected chi connectivity index (χ3v) is 10.4. The molecule has 0 radical (unpaired) electrons. The molecule has 254 valence electrons. The Labute approximate surface area is 301 Å². The Morgan fingerprint density at radius 1 is 1.02 bits per heavy atom. The lowest BCUT2D eigenvalue weighted by Crippen LogP contribution is -2.42. The van der Waals surface area contributed by atoms with Crippen LogP contribution in [0, 0.1) is 6.92 Å². The van der Waals surface area contributed by atoms with Gasteiger partial charge in [0.1, 0.15) is 18.8 Å². The van der Waals surface area contributed by atoms with Gasteiger partial charge in [0.2, 0.25) is 0 Å². The van der Waals surface area contributed by atoms with E-state index in [-0.39, 0.29) is 17.2 Å². The van der Waals surface area contributed by atoms with Crippen LogP contribution in [0.2, 0.25) is 10.0 Å². The summed E-state index contributed by atoms with van der Waals surface area (Å²) >= 11 is 15.8. The maximum atomic E-state index is 13.9. The first-order valence-corrected chi connectivity index (χ1v) is 17.6. The van der Waals surface area contributed by atoms with Crippen LogP contribution in [-0.2, 0) is 28.5 Å². The van der Waals surface area contributed by atoms with Crippen LogP contribution in [0.4, 0.5) is 5.69 Å². The molecule has 0 aliphatic heterocycles. The highest BCUT2D eigenvalue weighted by molar-refractivity contribution is 9.10. The van der Waals surface area contributed by atoms with Gasteiger partial charge in [-0.15, -0.1) is 0 Å². The van der Waals surface area contributed by atoms with Crippen molar-refractivity contribution in [2.45, 2.75) is 18.4 Å². The van der Waals surface area contributed by atoms with Gasteiger partial charge < -0.3 is 9.47 Å². The summed E-state index contributed by atoms with van der Waals surface area (Å²) in [7, 11) is -1.25. The molecule has 0 aliphatic rings. The number of nitrogens with one attached hydrogen (secondary N) is 1. The number of aromatic nitrogens is 2. The van der Waals surface area contributed by atoms with Crippen molar-refractivity contribution in [1.29, 1.82) is 0 Å². The lowest BCUT2D eigenvalue weighted by atomic mass is 10.2. The summed E-state index contributed by atoms with van der Waals surface area (Å²) in [5, 5.41) is 5.01. The molecule has 11 nitrogen and oxygen atoms in total. The quantitative estimate of drug-likeness (QED) is 0.114. The summed E-state index contributed by atoms with van der Waals surface area (Å²) in [6.07, 6.45) is 1.36. The Hall–Kier alpha value is -4.56. The third-order valence-electron chi connectivity index (χ3n) is 7.43. The van der Waals surface area contributed by atoms with E-state index in [0.717, 1.165) is 9.87 Å². The molecule has 1 amide bonds. The molecular weight excluding hydrogens is 757 g/mol. The van der Waals surface area contributed by atoms with Crippen molar-refractivity contribution in [3.05, 3.63) is 133 Å². The molecule has 0 saturated carbocycles. The van der Waals surface area contributed by atoms with E-state index >= 15 is 0 Å². The van der Waals surface area contributed by atoms with Crippen molar-refractivity contribution in [3.8, 4) is 17.2 Å². The van der Waals surface area contributed by atoms with Gasteiger partial charge in [0.05, 0.1) is 34.1 Å². The highest BCUT2D eigenvalue weighted by Crippen LogP contribution is 2.37. The largest absolute Gasteiger partial charge is 0.493 e.